The molecule has 0 atom stereocenters. The largest absolute Gasteiger partial charge is 0.494 e. The zero-order valence-electron chi connectivity index (χ0n) is 15.6. The highest BCUT2D eigenvalue weighted by Gasteiger charge is 2.06. The van der Waals surface area contributed by atoms with E-state index in [1.54, 1.807) is 12.1 Å². The van der Waals surface area contributed by atoms with Crippen LogP contribution >= 0.6 is 0 Å². The summed E-state index contributed by atoms with van der Waals surface area (Å²) in [6, 6.07) is 13.5. The van der Waals surface area contributed by atoms with Gasteiger partial charge in [0.15, 0.2) is 5.96 Å². The normalized spacial score (nSPS) is 11.0. The fraction of sp³-hybridized carbons (Fsp3) is 0.300. The maximum Gasteiger partial charge on any atom is 0.243 e. The van der Waals surface area contributed by atoms with E-state index in [-0.39, 0.29) is 12.5 Å². The van der Waals surface area contributed by atoms with Gasteiger partial charge in [-0.3, -0.25) is 4.79 Å². The number of carbonyl (C=O) groups is 1. The van der Waals surface area contributed by atoms with Crippen molar-refractivity contribution in [2.75, 3.05) is 25.0 Å². The molecule has 2 aromatic carbocycles. The van der Waals surface area contributed by atoms with Crippen LogP contribution in [0.3, 0.4) is 0 Å². The molecule has 0 spiro atoms. The SMILES string of the molecule is CCNC(=NCc1ccccc1OCC)NCC(=O)Nc1cccc(F)c1. The molecule has 0 bridgehead atoms. The van der Waals surface area contributed by atoms with E-state index in [4.69, 9.17) is 4.74 Å². The minimum absolute atomic E-state index is 0.00938. The van der Waals surface area contributed by atoms with E-state index in [2.05, 4.69) is 20.9 Å². The number of nitrogens with one attached hydrogen (secondary N) is 3. The molecule has 7 heteroatoms. The second-order valence-electron chi connectivity index (χ2n) is 5.65. The molecular formula is C20H25FN4O2. The number of rotatable bonds is 8. The number of nitrogens with zero attached hydrogens (tertiary/aromatic N) is 1. The molecule has 0 saturated heterocycles. The Morgan fingerprint density at radius 2 is 1.93 bits per heavy atom. The van der Waals surface area contributed by atoms with E-state index in [0.717, 1.165) is 11.3 Å². The van der Waals surface area contributed by atoms with Crippen LogP contribution in [0.5, 0.6) is 5.75 Å². The van der Waals surface area contributed by atoms with Gasteiger partial charge in [-0.25, -0.2) is 9.38 Å². The van der Waals surface area contributed by atoms with Crippen molar-refractivity contribution in [2.24, 2.45) is 4.99 Å². The number of hydrogen-bond donors (Lipinski definition) is 3. The summed E-state index contributed by atoms with van der Waals surface area (Å²) in [5, 5.41) is 8.70. The lowest BCUT2D eigenvalue weighted by molar-refractivity contribution is -0.115. The number of para-hydroxylation sites is 1. The van der Waals surface area contributed by atoms with Crippen LogP contribution in [0.25, 0.3) is 0 Å². The molecular weight excluding hydrogens is 347 g/mol. The summed E-state index contributed by atoms with van der Waals surface area (Å²) in [5.74, 6) is 0.617. The quantitative estimate of drug-likeness (QED) is 0.492. The molecule has 0 aliphatic rings. The molecule has 1 amide bonds. The summed E-state index contributed by atoms with van der Waals surface area (Å²) < 4.78 is 18.8. The highest BCUT2D eigenvalue weighted by molar-refractivity contribution is 5.94. The maximum atomic E-state index is 13.2. The van der Waals surface area contributed by atoms with E-state index >= 15 is 0 Å². The summed E-state index contributed by atoms with van der Waals surface area (Å²) in [4.78, 5) is 16.5. The molecule has 0 fully saturated rings. The Labute approximate surface area is 158 Å². The molecule has 0 unspecified atom stereocenters. The number of hydrogen-bond acceptors (Lipinski definition) is 3. The Morgan fingerprint density at radius 1 is 1.11 bits per heavy atom. The van der Waals surface area contributed by atoms with Crippen molar-refractivity contribution >= 4 is 17.6 Å². The number of halogens is 1. The van der Waals surface area contributed by atoms with Gasteiger partial charge in [-0.15, -0.1) is 0 Å². The zero-order valence-corrected chi connectivity index (χ0v) is 15.6. The van der Waals surface area contributed by atoms with Crippen molar-refractivity contribution in [3.63, 3.8) is 0 Å². The molecule has 0 aliphatic carbocycles. The first-order valence-corrected chi connectivity index (χ1v) is 8.90. The first-order chi connectivity index (χ1) is 13.1. The van der Waals surface area contributed by atoms with Gasteiger partial charge in [0.05, 0.1) is 19.7 Å². The lowest BCUT2D eigenvalue weighted by Gasteiger charge is -2.13. The number of guanidine groups is 1. The van der Waals surface area contributed by atoms with E-state index in [9.17, 15) is 9.18 Å². The molecule has 6 nitrogen and oxygen atoms in total. The number of benzene rings is 2. The van der Waals surface area contributed by atoms with Crippen molar-refractivity contribution in [1.29, 1.82) is 0 Å². The molecule has 2 aromatic rings. The molecule has 27 heavy (non-hydrogen) atoms. The molecule has 0 aromatic heterocycles. The van der Waals surface area contributed by atoms with E-state index in [1.165, 1.54) is 12.1 Å². The first-order valence-electron chi connectivity index (χ1n) is 8.90. The average Bonchev–Trinajstić information content (AvgIpc) is 2.65. The van der Waals surface area contributed by atoms with Crippen molar-refractivity contribution in [1.82, 2.24) is 10.6 Å². The van der Waals surface area contributed by atoms with Gasteiger partial charge >= 0.3 is 0 Å². The van der Waals surface area contributed by atoms with Crippen molar-refractivity contribution < 1.29 is 13.9 Å². The third kappa shape index (κ3) is 6.97. The van der Waals surface area contributed by atoms with Gasteiger partial charge in [0, 0.05) is 17.8 Å². The van der Waals surface area contributed by atoms with Crippen molar-refractivity contribution in [3.8, 4) is 5.75 Å². The Balaban J connectivity index is 1.94. The minimum Gasteiger partial charge on any atom is -0.494 e. The van der Waals surface area contributed by atoms with Gasteiger partial charge in [-0.2, -0.15) is 0 Å². The summed E-state index contributed by atoms with van der Waals surface area (Å²) >= 11 is 0. The van der Waals surface area contributed by atoms with Crippen LogP contribution in [0.4, 0.5) is 10.1 Å². The molecule has 0 radical (unpaired) electrons. The summed E-state index contributed by atoms with van der Waals surface area (Å²) in [6.07, 6.45) is 0. The van der Waals surface area contributed by atoms with E-state index in [0.29, 0.717) is 31.3 Å². The second kappa shape index (κ2) is 10.8. The van der Waals surface area contributed by atoms with E-state index in [1.807, 2.05) is 38.1 Å². The minimum atomic E-state index is -0.399. The Morgan fingerprint density at radius 3 is 2.67 bits per heavy atom. The Bertz CT molecular complexity index is 780. The first kappa shape index (κ1) is 20.2. The third-order valence-electron chi connectivity index (χ3n) is 3.55. The molecule has 2 rings (SSSR count). The Kier molecular flexibility index (Phi) is 8.09. The monoisotopic (exact) mass is 372 g/mol. The van der Waals surface area contributed by atoms with Crippen molar-refractivity contribution in [3.05, 3.63) is 59.9 Å². The molecule has 0 saturated carbocycles. The van der Waals surface area contributed by atoms with Gasteiger partial charge in [-0.1, -0.05) is 24.3 Å². The van der Waals surface area contributed by atoms with Gasteiger partial charge in [-0.05, 0) is 38.1 Å². The topological polar surface area (TPSA) is 74.8 Å². The fourth-order valence-electron chi connectivity index (χ4n) is 2.37. The summed E-state index contributed by atoms with van der Waals surface area (Å²) in [6.45, 7) is 5.54. The van der Waals surface area contributed by atoms with E-state index < -0.39 is 5.82 Å². The predicted octanol–water partition coefficient (Wildman–Crippen LogP) is 2.92. The predicted molar refractivity (Wildman–Crippen MR) is 105 cm³/mol. The van der Waals surface area contributed by atoms with Crippen LogP contribution in [0, 0.1) is 5.82 Å². The number of anilines is 1. The highest BCUT2D eigenvalue weighted by atomic mass is 19.1. The fourth-order valence-corrected chi connectivity index (χ4v) is 2.37. The van der Waals surface area contributed by atoms with Crippen LogP contribution in [-0.4, -0.2) is 31.6 Å². The van der Waals surface area contributed by atoms with Crippen LogP contribution in [0.2, 0.25) is 0 Å². The van der Waals surface area contributed by atoms with Gasteiger partial charge < -0.3 is 20.7 Å². The smallest absolute Gasteiger partial charge is 0.243 e. The van der Waals surface area contributed by atoms with Crippen LogP contribution < -0.4 is 20.7 Å². The number of ether oxygens (including phenoxy) is 1. The lowest BCUT2D eigenvalue weighted by Crippen LogP contribution is -2.41. The molecule has 3 N–H and O–H groups in total. The van der Waals surface area contributed by atoms with Gasteiger partial charge in [0.2, 0.25) is 5.91 Å². The van der Waals surface area contributed by atoms with Crippen LogP contribution in [-0.2, 0) is 11.3 Å². The van der Waals surface area contributed by atoms with Crippen molar-refractivity contribution in [2.45, 2.75) is 20.4 Å². The highest BCUT2D eigenvalue weighted by Crippen LogP contribution is 2.18. The van der Waals surface area contributed by atoms with Gasteiger partial charge in [0.1, 0.15) is 11.6 Å². The molecule has 0 aliphatic heterocycles. The van der Waals surface area contributed by atoms with Crippen LogP contribution in [0.15, 0.2) is 53.5 Å². The summed E-state index contributed by atoms with van der Waals surface area (Å²) in [5.41, 5.74) is 1.37. The number of aliphatic imine (C=N–C) groups is 1. The average molecular weight is 372 g/mol. The molecule has 144 valence electrons. The van der Waals surface area contributed by atoms with Gasteiger partial charge in [0.25, 0.3) is 0 Å². The third-order valence-corrected chi connectivity index (χ3v) is 3.55. The maximum absolute atomic E-state index is 13.2. The number of carbonyl (C=O) groups excluding carboxylic acids is 1. The molecule has 0 heterocycles. The second-order valence-corrected chi connectivity index (χ2v) is 5.65. The van der Waals surface area contributed by atoms with Crippen LogP contribution in [0.1, 0.15) is 19.4 Å². The summed E-state index contributed by atoms with van der Waals surface area (Å²) in [7, 11) is 0. The zero-order chi connectivity index (χ0) is 19.5. The number of amides is 1. The standard InChI is InChI=1S/C20H25FN4O2/c1-3-22-20(23-13-15-8-5-6-11-18(15)27-4-2)24-14-19(26)25-17-10-7-9-16(21)12-17/h5-12H,3-4,13-14H2,1-2H3,(H,25,26)(H2,22,23,24). The lowest BCUT2D eigenvalue weighted by atomic mass is 10.2. The Hall–Kier alpha value is -3.09.